The summed E-state index contributed by atoms with van der Waals surface area (Å²) in [5.41, 5.74) is 1.65. The van der Waals surface area contributed by atoms with Gasteiger partial charge in [0.15, 0.2) is 11.5 Å². The van der Waals surface area contributed by atoms with Crippen LogP contribution in [-0.4, -0.2) is 30.5 Å². The third-order valence-electron chi connectivity index (χ3n) is 3.97. The molecule has 3 rings (SSSR count). The molecule has 0 fully saturated rings. The summed E-state index contributed by atoms with van der Waals surface area (Å²) in [6.45, 7) is 0.264. The number of carboxylic acid groups (broad SMARTS) is 1. The number of benzene rings is 2. The first-order valence-corrected chi connectivity index (χ1v) is 8.17. The van der Waals surface area contributed by atoms with E-state index in [1.165, 1.54) is 0 Å². The van der Waals surface area contributed by atoms with E-state index in [1.807, 2.05) is 30.3 Å². The third kappa shape index (κ3) is 4.66. The maximum absolute atomic E-state index is 11.8. The number of rotatable bonds is 7. The highest BCUT2D eigenvalue weighted by molar-refractivity contribution is 5.73. The van der Waals surface area contributed by atoms with Crippen LogP contribution in [-0.2, 0) is 22.6 Å². The summed E-state index contributed by atoms with van der Waals surface area (Å²) in [5.74, 6) is -0.532. The van der Waals surface area contributed by atoms with Crippen molar-refractivity contribution >= 4 is 12.1 Å². The Kier molecular flexibility index (Phi) is 5.58. The molecule has 1 heterocycles. The van der Waals surface area contributed by atoms with E-state index in [9.17, 15) is 14.7 Å². The van der Waals surface area contributed by atoms with Crippen molar-refractivity contribution in [3.8, 4) is 11.5 Å². The van der Waals surface area contributed by atoms with Crippen molar-refractivity contribution in [1.29, 1.82) is 0 Å². The molecule has 1 amide bonds. The molecule has 0 aromatic heterocycles. The van der Waals surface area contributed by atoms with Crippen LogP contribution in [0.15, 0.2) is 48.5 Å². The van der Waals surface area contributed by atoms with Crippen molar-refractivity contribution in [3.05, 3.63) is 59.7 Å². The fourth-order valence-corrected chi connectivity index (χ4v) is 2.58. The Labute approximate surface area is 150 Å². The number of nitrogens with one attached hydrogen (secondary N) is 1. The average Bonchev–Trinajstić information content (AvgIpc) is 3.11. The lowest BCUT2D eigenvalue weighted by molar-refractivity contribution is -0.141. The van der Waals surface area contributed by atoms with Gasteiger partial charge in [-0.1, -0.05) is 36.4 Å². The second-order valence-electron chi connectivity index (χ2n) is 5.87. The summed E-state index contributed by atoms with van der Waals surface area (Å²) >= 11 is 0. The predicted molar refractivity (Wildman–Crippen MR) is 92.0 cm³/mol. The second-order valence-corrected chi connectivity index (χ2v) is 5.87. The van der Waals surface area contributed by atoms with E-state index >= 15 is 0 Å². The average molecular weight is 357 g/mol. The van der Waals surface area contributed by atoms with Gasteiger partial charge in [-0.05, 0) is 29.7 Å². The maximum Gasteiger partial charge on any atom is 0.407 e. The van der Waals surface area contributed by atoms with Gasteiger partial charge in [0.2, 0.25) is 6.79 Å². The number of fused-ring (bicyclic) bond motifs is 1. The zero-order chi connectivity index (χ0) is 18.4. The lowest BCUT2D eigenvalue weighted by atomic mass is 9.99. The lowest BCUT2D eigenvalue weighted by Crippen LogP contribution is -2.34. The van der Waals surface area contributed by atoms with Crippen molar-refractivity contribution in [2.24, 2.45) is 5.92 Å². The number of carbonyl (C=O) groups is 2. The minimum Gasteiger partial charge on any atom is -0.481 e. The van der Waals surface area contributed by atoms with Crippen molar-refractivity contribution < 1.29 is 28.9 Å². The number of aliphatic carboxylic acids is 1. The summed E-state index contributed by atoms with van der Waals surface area (Å²) < 4.78 is 15.6. The van der Waals surface area contributed by atoms with Gasteiger partial charge in [-0.3, -0.25) is 4.79 Å². The van der Waals surface area contributed by atoms with Gasteiger partial charge < -0.3 is 24.6 Å². The van der Waals surface area contributed by atoms with Gasteiger partial charge in [0, 0.05) is 6.54 Å². The smallest absolute Gasteiger partial charge is 0.407 e. The van der Waals surface area contributed by atoms with Crippen LogP contribution in [0.3, 0.4) is 0 Å². The molecule has 0 saturated heterocycles. The van der Waals surface area contributed by atoms with E-state index in [4.69, 9.17) is 14.2 Å². The first-order valence-electron chi connectivity index (χ1n) is 8.17. The first-order chi connectivity index (χ1) is 12.6. The van der Waals surface area contributed by atoms with Crippen molar-refractivity contribution in [2.45, 2.75) is 13.0 Å². The number of hydrogen-bond acceptors (Lipinski definition) is 5. The summed E-state index contributed by atoms with van der Waals surface area (Å²) in [6, 6.07) is 14.5. The molecule has 136 valence electrons. The molecule has 2 aromatic rings. The molecule has 0 bridgehead atoms. The molecule has 2 N–H and O–H groups in total. The van der Waals surface area contributed by atoms with Crippen LogP contribution in [0.2, 0.25) is 0 Å². The van der Waals surface area contributed by atoms with Gasteiger partial charge >= 0.3 is 12.1 Å². The number of amides is 1. The zero-order valence-electron chi connectivity index (χ0n) is 14.0. The lowest BCUT2D eigenvalue weighted by Gasteiger charge is -2.14. The normalized spacial score (nSPS) is 13.1. The van der Waals surface area contributed by atoms with E-state index in [1.54, 1.807) is 18.2 Å². The topological polar surface area (TPSA) is 94.1 Å². The molecule has 0 saturated carbocycles. The number of alkyl carbamates (subject to hydrolysis) is 1. The summed E-state index contributed by atoms with van der Waals surface area (Å²) in [4.78, 5) is 23.3. The van der Waals surface area contributed by atoms with E-state index in [0.717, 1.165) is 11.1 Å². The fourth-order valence-electron chi connectivity index (χ4n) is 2.58. The molecule has 0 spiro atoms. The monoisotopic (exact) mass is 357 g/mol. The molecule has 0 aliphatic carbocycles. The van der Waals surface area contributed by atoms with E-state index in [2.05, 4.69) is 5.32 Å². The molecular weight excluding hydrogens is 338 g/mol. The highest BCUT2D eigenvalue weighted by Crippen LogP contribution is 2.33. The zero-order valence-corrected chi connectivity index (χ0v) is 14.0. The van der Waals surface area contributed by atoms with E-state index < -0.39 is 18.0 Å². The minimum atomic E-state index is -0.994. The number of ether oxygens (including phenoxy) is 3. The van der Waals surface area contributed by atoms with Crippen LogP contribution < -0.4 is 14.8 Å². The van der Waals surface area contributed by atoms with Gasteiger partial charge in [0.25, 0.3) is 0 Å². The third-order valence-corrected chi connectivity index (χ3v) is 3.97. The van der Waals surface area contributed by atoms with Crippen LogP contribution in [0.1, 0.15) is 11.1 Å². The molecule has 1 aliphatic heterocycles. The van der Waals surface area contributed by atoms with Crippen molar-refractivity contribution in [1.82, 2.24) is 5.32 Å². The van der Waals surface area contributed by atoms with Gasteiger partial charge in [-0.15, -0.1) is 0 Å². The van der Waals surface area contributed by atoms with Gasteiger partial charge in [-0.2, -0.15) is 0 Å². The summed E-state index contributed by atoms with van der Waals surface area (Å²) in [6.07, 6.45) is -0.393. The van der Waals surface area contributed by atoms with E-state index in [-0.39, 0.29) is 26.4 Å². The summed E-state index contributed by atoms with van der Waals surface area (Å²) in [5, 5.41) is 11.9. The summed E-state index contributed by atoms with van der Waals surface area (Å²) in [7, 11) is 0. The quantitative estimate of drug-likeness (QED) is 0.791. The molecule has 1 atom stereocenters. The van der Waals surface area contributed by atoms with Crippen LogP contribution in [0, 0.1) is 5.92 Å². The predicted octanol–water partition coefficient (Wildman–Crippen LogP) is 2.59. The number of hydrogen-bond donors (Lipinski definition) is 2. The molecule has 2 aromatic carbocycles. The van der Waals surface area contributed by atoms with Gasteiger partial charge in [0.1, 0.15) is 6.61 Å². The molecule has 0 unspecified atom stereocenters. The van der Waals surface area contributed by atoms with Gasteiger partial charge in [-0.25, -0.2) is 4.79 Å². The van der Waals surface area contributed by atoms with Crippen LogP contribution >= 0.6 is 0 Å². The number of carboxylic acids is 1. The molecule has 7 heteroatoms. The van der Waals surface area contributed by atoms with Crippen molar-refractivity contribution in [3.63, 3.8) is 0 Å². The Morgan fingerprint density at radius 3 is 2.62 bits per heavy atom. The SMILES string of the molecule is O=C(NC[C@@H](Cc1ccc2c(c1)OCO2)C(=O)O)OCc1ccccc1. The Morgan fingerprint density at radius 2 is 1.85 bits per heavy atom. The molecule has 7 nitrogen and oxygen atoms in total. The Bertz CT molecular complexity index is 777. The number of carbonyl (C=O) groups excluding carboxylic acids is 1. The van der Waals surface area contributed by atoms with E-state index in [0.29, 0.717) is 11.5 Å². The Balaban J connectivity index is 1.50. The fraction of sp³-hybridized carbons (Fsp3) is 0.263. The molecule has 0 radical (unpaired) electrons. The highest BCUT2D eigenvalue weighted by Gasteiger charge is 2.21. The highest BCUT2D eigenvalue weighted by atomic mass is 16.7. The Morgan fingerprint density at radius 1 is 1.08 bits per heavy atom. The van der Waals surface area contributed by atoms with Gasteiger partial charge in [0.05, 0.1) is 5.92 Å². The Hall–Kier alpha value is -3.22. The molecular formula is C19H19NO6. The van der Waals surface area contributed by atoms with Crippen LogP contribution in [0.25, 0.3) is 0 Å². The molecule has 1 aliphatic rings. The standard InChI is InChI=1S/C19H19NO6/c21-18(22)15(8-14-6-7-16-17(9-14)26-12-25-16)10-20-19(23)24-11-13-4-2-1-3-5-13/h1-7,9,15H,8,10-12H2,(H,20,23)(H,21,22)/t15-/m1/s1. The second kappa shape index (κ2) is 8.24. The maximum atomic E-state index is 11.8. The van der Waals surface area contributed by atoms with Crippen molar-refractivity contribution in [2.75, 3.05) is 13.3 Å². The first kappa shape index (κ1) is 17.6. The molecule has 26 heavy (non-hydrogen) atoms. The minimum absolute atomic E-state index is 0.0304. The van der Waals surface area contributed by atoms with Crippen LogP contribution in [0.4, 0.5) is 4.79 Å². The van der Waals surface area contributed by atoms with Crippen LogP contribution in [0.5, 0.6) is 11.5 Å². The largest absolute Gasteiger partial charge is 0.481 e.